The molecular weight excluding hydrogens is 242 g/mol. The molecule has 0 radical (unpaired) electrons. The summed E-state index contributed by atoms with van der Waals surface area (Å²) in [7, 11) is 0. The van der Waals surface area contributed by atoms with Gasteiger partial charge in [0.05, 0.1) is 11.8 Å². The van der Waals surface area contributed by atoms with E-state index < -0.39 is 11.9 Å². The highest BCUT2D eigenvalue weighted by molar-refractivity contribution is 5.89. The van der Waals surface area contributed by atoms with E-state index in [9.17, 15) is 9.59 Å². The zero-order valence-electron chi connectivity index (χ0n) is 10.6. The zero-order chi connectivity index (χ0) is 13.5. The average molecular weight is 259 g/mol. The molecule has 0 aromatic heterocycles. The second-order valence-electron chi connectivity index (χ2n) is 5.65. The lowest BCUT2D eigenvalue weighted by Gasteiger charge is -2.16. The number of rotatable bonds is 5. The standard InChI is InChI=1S/C15H17NO3/c17-13(11-8-12(11)14(18)19)16-9-15(6-7-15)10-4-2-1-3-5-10/h1-5,11-12H,6-9H2,(H,16,17)(H,18,19)/t11-,12-/m1/s1. The molecule has 1 aromatic carbocycles. The van der Waals surface area contributed by atoms with Crippen LogP contribution in [0.1, 0.15) is 24.8 Å². The zero-order valence-corrected chi connectivity index (χ0v) is 10.6. The summed E-state index contributed by atoms with van der Waals surface area (Å²) in [5.41, 5.74) is 1.35. The Morgan fingerprint density at radius 3 is 2.42 bits per heavy atom. The van der Waals surface area contributed by atoms with Gasteiger partial charge in [-0.25, -0.2) is 0 Å². The fourth-order valence-electron chi connectivity index (χ4n) is 2.66. The van der Waals surface area contributed by atoms with Crippen molar-refractivity contribution in [3.63, 3.8) is 0 Å². The van der Waals surface area contributed by atoms with Crippen molar-refractivity contribution >= 4 is 11.9 Å². The van der Waals surface area contributed by atoms with Gasteiger partial charge in [-0.05, 0) is 24.8 Å². The van der Waals surface area contributed by atoms with E-state index >= 15 is 0 Å². The largest absolute Gasteiger partial charge is 0.481 e. The average Bonchev–Trinajstić information content (AvgIpc) is 3.30. The molecule has 0 bridgehead atoms. The molecule has 2 atom stereocenters. The topological polar surface area (TPSA) is 66.4 Å². The highest BCUT2D eigenvalue weighted by Crippen LogP contribution is 2.48. The molecule has 19 heavy (non-hydrogen) atoms. The Hall–Kier alpha value is -1.84. The highest BCUT2D eigenvalue weighted by Gasteiger charge is 2.50. The van der Waals surface area contributed by atoms with Crippen molar-refractivity contribution < 1.29 is 14.7 Å². The second kappa shape index (κ2) is 4.37. The van der Waals surface area contributed by atoms with Gasteiger partial charge in [0.1, 0.15) is 0 Å². The van der Waals surface area contributed by atoms with Crippen molar-refractivity contribution in [1.29, 1.82) is 0 Å². The van der Waals surface area contributed by atoms with Crippen LogP contribution in [0.25, 0.3) is 0 Å². The van der Waals surface area contributed by atoms with E-state index in [2.05, 4.69) is 17.4 Å². The molecule has 100 valence electrons. The van der Waals surface area contributed by atoms with Crippen LogP contribution in [0.5, 0.6) is 0 Å². The molecule has 0 saturated heterocycles. The van der Waals surface area contributed by atoms with Crippen molar-refractivity contribution in [2.24, 2.45) is 11.8 Å². The number of nitrogens with one attached hydrogen (secondary N) is 1. The lowest BCUT2D eigenvalue weighted by molar-refractivity contribution is -0.140. The summed E-state index contributed by atoms with van der Waals surface area (Å²) >= 11 is 0. The normalized spacial score (nSPS) is 26.5. The molecule has 2 N–H and O–H groups in total. The fourth-order valence-corrected chi connectivity index (χ4v) is 2.66. The van der Waals surface area contributed by atoms with Gasteiger partial charge in [-0.1, -0.05) is 30.3 Å². The van der Waals surface area contributed by atoms with E-state index in [0.29, 0.717) is 13.0 Å². The summed E-state index contributed by atoms with van der Waals surface area (Å²) in [4.78, 5) is 22.6. The van der Waals surface area contributed by atoms with E-state index in [1.54, 1.807) is 0 Å². The predicted octanol–water partition coefficient (Wildman–Crippen LogP) is 1.56. The second-order valence-corrected chi connectivity index (χ2v) is 5.65. The molecular formula is C15H17NO3. The number of benzene rings is 1. The van der Waals surface area contributed by atoms with Crippen LogP contribution in [-0.2, 0) is 15.0 Å². The number of carboxylic acids is 1. The molecule has 2 aliphatic rings. The Labute approximate surface area is 111 Å². The number of hydrogen-bond donors (Lipinski definition) is 2. The van der Waals surface area contributed by atoms with Gasteiger partial charge in [0.25, 0.3) is 0 Å². The Kier molecular flexibility index (Phi) is 2.81. The summed E-state index contributed by atoms with van der Waals surface area (Å²) in [6.45, 7) is 0.624. The van der Waals surface area contributed by atoms with Gasteiger partial charge in [0.2, 0.25) is 5.91 Å². The summed E-state index contributed by atoms with van der Waals surface area (Å²) in [6, 6.07) is 10.2. The Morgan fingerprint density at radius 2 is 1.89 bits per heavy atom. The molecule has 2 aliphatic carbocycles. The van der Waals surface area contributed by atoms with Gasteiger partial charge in [0, 0.05) is 12.0 Å². The molecule has 0 aliphatic heterocycles. The van der Waals surface area contributed by atoms with E-state index in [-0.39, 0.29) is 17.2 Å². The summed E-state index contributed by atoms with van der Waals surface area (Å²) in [6.07, 6.45) is 2.66. The molecule has 0 heterocycles. The van der Waals surface area contributed by atoms with Crippen LogP contribution in [0.2, 0.25) is 0 Å². The third kappa shape index (κ3) is 2.35. The summed E-state index contributed by atoms with van der Waals surface area (Å²) in [5, 5.41) is 11.7. The van der Waals surface area contributed by atoms with E-state index in [1.807, 2.05) is 18.2 Å². The van der Waals surface area contributed by atoms with Gasteiger partial charge in [-0.2, -0.15) is 0 Å². The third-order valence-electron chi connectivity index (χ3n) is 4.29. The van der Waals surface area contributed by atoms with Crippen LogP contribution in [-0.4, -0.2) is 23.5 Å². The fraction of sp³-hybridized carbons (Fsp3) is 0.467. The van der Waals surface area contributed by atoms with Gasteiger partial charge in [-0.15, -0.1) is 0 Å². The molecule has 1 amide bonds. The minimum atomic E-state index is -0.857. The third-order valence-corrected chi connectivity index (χ3v) is 4.29. The summed E-state index contributed by atoms with van der Waals surface area (Å²) < 4.78 is 0. The number of hydrogen-bond acceptors (Lipinski definition) is 2. The molecule has 2 fully saturated rings. The first-order chi connectivity index (χ1) is 9.12. The predicted molar refractivity (Wildman–Crippen MR) is 69.6 cm³/mol. The highest BCUT2D eigenvalue weighted by atomic mass is 16.4. The lowest BCUT2D eigenvalue weighted by Crippen LogP contribution is -2.33. The molecule has 2 saturated carbocycles. The van der Waals surface area contributed by atoms with Crippen molar-refractivity contribution in [3.05, 3.63) is 35.9 Å². The molecule has 0 spiro atoms. The molecule has 0 unspecified atom stereocenters. The van der Waals surface area contributed by atoms with Crippen LogP contribution in [0.4, 0.5) is 0 Å². The minimum absolute atomic E-state index is 0.0878. The van der Waals surface area contributed by atoms with E-state index in [1.165, 1.54) is 5.56 Å². The first-order valence-corrected chi connectivity index (χ1v) is 6.68. The number of carbonyl (C=O) groups is 2. The van der Waals surface area contributed by atoms with Gasteiger partial charge < -0.3 is 10.4 Å². The first-order valence-electron chi connectivity index (χ1n) is 6.68. The van der Waals surface area contributed by atoms with Crippen LogP contribution < -0.4 is 5.32 Å². The van der Waals surface area contributed by atoms with Crippen molar-refractivity contribution in [2.45, 2.75) is 24.7 Å². The summed E-state index contributed by atoms with van der Waals surface area (Å²) in [5.74, 6) is -1.74. The quantitative estimate of drug-likeness (QED) is 0.843. The number of carboxylic acid groups (broad SMARTS) is 1. The molecule has 3 rings (SSSR count). The molecule has 1 aromatic rings. The van der Waals surface area contributed by atoms with Gasteiger partial charge in [-0.3, -0.25) is 9.59 Å². The Balaban J connectivity index is 1.56. The van der Waals surface area contributed by atoms with E-state index in [0.717, 1.165) is 12.8 Å². The van der Waals surface area contributed by atoms with Crippen LogP contribution in [0.3, 0.4) is 0 Å². The monoisotopic (exact) mass is 259 g/mol. The van der Waals surface area contributed by atoms with Crippen LogP contribution in [0, 0.1) is 11.8 Å². The maximum Gasteiger partial charge on any atom is 0.307 e. The Bertz CT molecular complexity index is 507. The SMILES string of the molecule is O=C(O)[C@@H]1C[C@H]1C(=O)NCC1(c2ccccc2)CC1. The molecule has 4 heteroatoms. The number of amides is 1. The van der Waals surface area contributed by atoms with Crippen molar-refractivity contribution in [3.8, 4) is 0 Å². The number of aliphatic carboxylic acids is 1. The number of carbonyl (C=O) groups excluding carboxylic acids is 1. The smallest absolute Gasteiger partial charge is 0.307 e. The molecule has 4 nitrogen and oxygen atoms in total. The van der Waals surface area contributed by atoms with Crippen LogP contribution >= 0.6 is 0 Å². The Morgan fingerprint density at radius 1 is 1.21 bits per heavy atom. The minimum Gasteiger partial charge on any atom is -0.481 e. The maximum absolute atomic E-state index is 11.9. The van der Waals surface area contributed by atoms with Gasteiger partial charge >= 0.3 is 5.97 Å². The maximum atomic E-state index is 11.9. The van der Waals surface area contributed by atoms with Crippen molar-refractivity contribution in [1.82, 2.24) is 5.32 Å². The van der Waals surface area contributed by atoms with Crippen molar-refractivity contribution in [2.75, 3.05) is 6.54 Å². The first kappa shape index (κ1) is 12.2. The van der Waals surface area contributed by atoms with E-state index in [4.69, 9.17) is 5.11 Å². The lowest BCUT2D eigenvalue weighted by atomic mass is 9.96. The van der Waals surface area contributed by atoms with Crippen LogP contribution in [0.15, 0.2) is 30.3 Å². The van der Waals surface area contributed by atoms with Gasteiger partial charge in [0.15, 0.2) is 0 Å².